The minimum atomic E-state index is -0.0779. The molecule has 0 aromatic heterocycles. The molecule has 3 aromatic rings. The summed E-state index contributed by atoms with van der Waals surface area (Å²) in [7, 11) is 0. The van der Waals surface area contributed by atoms with Gasteiger partial charge in [-0.2, -0.15) is 0 Å². The molecule has 3 aromatic carbocycles. The van der Waals surface area contributed by atoms with Gasteiger partial charge in [0.2, 0.25) is 0 Å². The monoisotopic (exact) mass is 441 g/mol. The normalized spacial score (nSPS) is 15.7. The summed E-state index contributed by atoms with van der Waals surface area (Å²) in [5, 5.41) is 6.00. The minimum absolute atomic E-state index is 0.0751. The lowest BCUT2D eigenvalue weighted by Gasteiger charge is -2.33. The summed E-state index contributed by atoms with van der Waals surface area (Å²) in [5.41, 5.74) is 4.93. The van der Waals surface area contributed by atoms with E-state index in [9.17, 15) is 9.59 Å². The lowest BCUT2D eigenvalue weighted by atomic mass is 9.89. The van der Waals surface area contributed by atoms with Crippen molar-refractivity contribution >= 4 is 17.6 Å². The van der Waals surface area contributed by atoms with Crippen LogP contribution in [0.1, 0.15) is 52.7 Å². The van der Waals surface area contributed by atoms with E-state index >= 15 is 0 Å². The van der Waals surface area contributed by atoms with Crippen LogP contribution in [0.2, 0.25) is 0 Å². The van der Waals surface area contributed by atoms with Crippen molar-refractivity contribution in [2.24, 2.45) is 0 Å². The number of likely N-dealkylation sites (tertiary alicyclic amines) is 1. The third kappa shape index (κ3) is 6.01. The van der Waals surface area contributed by atoms with Crippen molar-refractivity contribution in [3.05, 3.63) is 101 Å². The predicted molar refractivity (Wildman–Crippen MR) is 132 cm³/mol. The number of aryl methyl sites for hydroxylation is 1. The molecule has 1 aliphatic heterocycles. The standard InChI is InChI=1S/C28H31N3O2/c1-2-21-13-15-22(16-14-21)19-29-27(32)24-9-6-8-23(18-24)25-10-7-17-31(20-25)28(33)30-26-11-4-3-5-12-26/h3-6,8-9,11-16,18,25H,2,7,10,17,19-20H2,1H3,(H,29,32)(H,30,33)/t25-/m0/s1. The molecule has 0 radical (unpaired) electrons. The Kier molecular flexibility index (Phi) is 7.40. The Morgan fingerprint density at radius 1 is 0.939 bits per heavy atom. The molecular formula is C28H31N3O2. The highest BCUT2D eigenvalue weighted by atomic mass is 16.2. The molecule has 1 fully saturated rings. The van der Waals surface area contributed by atoms with E-state index in [0.29, 0.717) is 18.7 Å². The molecule has 5 heteroatoms. The van der Waals surface area contributed by atoms with Gasteiger partial charge in [0.25, 0.3) is 5.91 Å². The highest BCUT2D eigenvalue weighted by Crippen LogP contribution is 2.28. The SMILES string of the molecule is CCc1ccc(CNC(=O)c2cccc([C@H]3CCCN(C(=O)Nc4ccccc4)C3)c2)cc1. The Hall–Kier alpha value is -3.60. The molecule has 0 unspecified atom stereocenters. The number of benzene rings is 3. The average molecular weight is 442 g/mol. The van der Waals surface area contributed by atoms with Gasteiger partial charge >= 0.3 is 6.03 Å². The fourth-order valence-corrected chi connectivity index (χ4v) is 4.27. The topological polar surface area (TPSA) is 61.4 Å². The Bertz CT molecular complexity index is 1080. The first-order chi connectivity index (χ1) is 16.1. The van der Waals surface area contributed by atoms with E-state index in [1.54, 1.807) is 0 Å². The summed E-state index contributed by atoms with van der Waals surface area (Å²) >= 11 is 0. The quantitative estimate of drug-likeness (QED) is 0.524. The zero-order chi connectivity index (χ0) is 23.0. The smallest absolute Gasteiger partial charge is 0.321 e. The maximum atomic E-state index is 12.8. The van der Waals surface area contributed by atoms with Crippen LogP contribution in [-0.2, 0) is 13.0 Å². The van der Waals surface area contributed by atoms with E-state index in [0.717, 1.165) is 42.6 Å². The van der Waals surface area contributed by atoms with Crippen LogP contribution in [0.5, 0.6) is 0 Å². The second kappa shape index (κ2) is 10.8. The lowest BCUT2D eigenvalue weighted by molar-refractivity contribution is 0.0950. The Balaban J connectivity index is 1.36. The van der Waals surface area contributed by atoms with Gasteiger partial charge in [-0.1, -0.05) is 61.5 Å². The molecule has 5 nitrogen and oxygen atoms in total. The zero-order valence-electron chi connectivity index (χ0n) is 19.1. The third-order valence-electron chi connectivity index (χ3n) is 6.24. The first-order valence-electron chi connectivity index (χ1n) is 11.7. The van der Waals surface area contributed by atoms with Crippen LogP contribution in [0.15, 0.2) is 78.9 Å². The van der Waals surface area contributed by atoms with Gasteiger partial charge in [0.05, 0.1) is 0 Å². The molecule has 2 N–H and O–H groups in total. The lowest BCUT2D eigenvalue weighted by Crippen LogP contribution is -2.41. The average Bonchev–Trinajstić information content (AvgIpc) is 2.88. The summed E-state index contributed by atoms with van der Waals surface area (Å²) in [6.07, 6.45) is 2.95. The van der Waals surface area contributed by atoms with Crippen molar-refractivity contribution in [2.75, 3.05) is 18.4 Å². The Labute approximate surface area is 195 Å². The Morgan fingerprint density at radius 3 is 2.45 bits per heavy atom. The van der Waals surface area contributed by atoms with E-state index in [2.05, 4.69) is 47.9 Å². The highest BCUT2D eigenvalue weighted by molar-refractivity contribution is 5.94. The number of carbonyl (C=O) groups is 2. The molecule has 33 heavy (non-hydrogen) atoms. The van der Waals surface area contributed by atoms with Crippen molar-refractivity contribution in [3.8, 4) is 0 Å². The maximum absolute atomic E-state index is 12.8. The van der Waals surface area contributed by atoms with Crippen molar-refractivity contribution in [2.45, 2.75) is 38.6 Å². The first kappa shape index (κ1) is 22.6. The van der Waals surface area contributed by atoms with Crippen LogP contribution in [0, 0.1) is 0 Å². The van der Waals surface area contributed by atoms with Gasteiger partial charge in [0, 0.05) is 36.8 Å². The predicted octanol–water partition coefficient (Wildman–Crippen LogP) is 5.59. The number of piperidine rings is 1. The van der Waals surface area contributed by atoms with Crippen LogP contribution in [-0.4, -0.2) is 29.9 Å². The van der Waals surface area contributed by atoms with E-state index in [-0.39, 0.29) is 17.9 Å². The summed E-state index contributed by atoms with van der Waals surface area (Å²) in [5.74, 6) is 0.139. The molecule has 0 saturated carbocycles. The molecule has 1 atom stereocenters. The number of rotatable bonds is 6. The van der Waals surface area contributed by atoms with Crippen molar-refractivity contribution in [1.29, 1.82) is 0 Å². The van der Waals surface area contributed by atoms with E-state index in [4.69, 9.17) is 0 Å². The third-order valence-corrected chi connectivity index (χ3v) is 6.24. The fraction of sp³-hybridized carbons (Fsp3) is 0.286. The highest BCUT2D eigenvalue weighted by Gasteiger charge is 2.25. The van der Waals surface area contributed by atoms with Gasteiger partial charge in [-0.15, -0.1) is 0 Å². The number of carbonyl (C=O) groups excluding carboxylic acids is 2. The zero-order valence-corrected chi connectivity index (χ0v) is 19.1. The number of amides is 3. The van der Waals surface area contributed by atoms with Crippen LogP contribution in [0.4, 0.5) is 10.5 Å². The molecule has 1 saturated heterocycles. The van der Waals surface area contributed by atoms with Crippen LogP contribution in [0.25, 0.3) is 0 Å². The number of anilines is 1. The number of hydrogen-bond acceptors (Lipinski definition) is 2. The first-order valence-corrected chi connectivity index (χ1v) is 11.7. The summed E-state index contributed by atoms with van der Waals surface area (Å²) in [4.78, 5) is 27.4. The van der Waals surface area contributed by atoms with E-state index in [1.165, 1.54) is 5.56 Å². The number of para-hydroxylation sites is 1. The summed E-state index contributed by atoms with van der Waals surface area (Å²) in [6.45, 7) is 4.02. The van der Waals surface area contributed by atoms with Gasteiger partial charge in [0.1, 0.15) is 0 Å². The number of nitrogens with one attached hydrogen (secondary N) is 2. The summed E-state index contributed by atoms with van der Waals surface area (Å²) < 4.78 is 0. The molecule has 3 amide bonds. The number of nitrogens with zero attached hydrogens (tertiary/aromatic N) is 1. The molecule has 0 spiro atoms. The summed E-state index contributed by atoms with van der Waals surface area (Å²) in [6, 6.07) is 25.6. The van der Waals surface area contributed by atoms with Gasteiger partial charge in [-0.25, -0.2) is 4.79 Å². The van der Waals surface area contributed by atoms with Crippen molar-refractivity contribution in [1.82, 2.24) is 10.2 Å². The molecule has 1 aliphatic rings. The molecule has 170 valence electrons. The van der Waals surface area contributed by atoms with Crippen LogP contribution < -0.4 is 10.6 Å². The van der Waals surface area contributed by atoms with Crippen LogP contribution in [0.3, 0.4) is 0 Å². The number of urea groups is 1. The second-order valence-corrected chi connectivity index (χ2v) is 8.56. The molecule has 1 heterocycles. The van der Waals surface area contributed by atoms with Crippen molar-refractivity contribution < 1.29 is 9.59 Å². The fourth-order valence-electron chi connectivity index (χ4n) is 4.27. The maximum Gasteiger partial charge on any atom is 0.321 e. The van der Waals surface area contributed by atoms with Gasteiger partial charge < -0.3 is 15.5 Å². The number of hydrogen-bond donors (Lipinski definition) is 2. The van der Waals surface area contributed by atoms with Crippen LogP contribution >= 0.6 is 0 Å². The molecular weight excluding hydrogens is 410 g/mol. The second-order valence-electron chi connectivity index (χ2n) is 8.56. The van der Waals surface area contributed by atoms with Gasteiger partial charge in [-0.3, -0.25) is 4.79 Å². The van der Waals surface area contributed by atoms with Gasteiger partial charge in [-0.05, 0) is 60.2 Å². The van der Waals surface area contributed by atoms with Crippen molar-refractivity contribution in [3.63, 3.8) is 0 Å². The van der Waals surface area contributed by atoms with E-state index in [1.807, 2.05) is 53.4 Å². The largest absolute Gasteiger partial charge is 0.348 e. The minimum Gasteiger partial charge on any atom is -0.348 e. The molecule has 0 bridgehead atoms. The Morgan fingerprint density at radius 2 is 1.70 bits per heavy atom. The van der Waals surface area contributed by atoms with Gasteiger partial charge in [0.15, 0.2) is 0 Å². The van der Waals surface area contributed by atoms with E-state index < -0.39 is 0 Å². The molecule has 0 aliphatic carbocycles. The molecule has 4 rings (SSSR count).